The van der Waals surface area contributed by atoms with Crippen LogP contribution in [-0.2, 0) is 11.2 Å². The van der Waals surface area contributed by atoms with Crippen molar-refractivity contribution in [2.75, 3.05) is 0 Å². The van der Waals surface area contributed by atoms with Gasteiger partial charge in [0.15, 0.2) is 5.84 Å². The number of rotatable bonds is 4. The molecule has 1 aromatic heterocycles. The molecule has 0 radical (unpaired) electrons. The van der Waals surface area contributed by atoms with Crippen LogP contribution in [0.5, 0.6) is 0 Å². The SMILES string of the molecule is Cc1ccc(-n2cccc2/C=C2\C(=N)N3N=C(Cc4ccccc4)SC3=NC2=O)c(C)c1. The van der Waals surface area contributed by atoms with Crippen molar-refractivity contribution in [1.82, 2.24) is 9.58 Å². The smallest absolute Gasteiger partial charge is 0.283 e. The van der Waals surface area contributed by atoms with Crippen molar-refractivity contribution in [3.05, 3.63) is 94.8 Å². The second-order valence-electron chi connectivity index (χ2n) is 7.77. The van der Waals surface area contributed by atoms with Gasteiger partial charge in [-0.2, -0.15) is 15.1 Å². The van der Waals surface area contributed by atoms with Gasteiger partial charge in [0.05, 0.1) is 5.57 Å². The fourth-order valence-electron chi connectivity index (χ4n) is 3.83. The molecule has 0 fully saturated rings. The molecule has 32 heavy (non-hydrogen) atoms. The molecule has 0 saturated heterocycles. The van der Waals surface area contributed by atoms with E-state index in [0.29, 0.717) is 11.6 Å². The van der Waals surface area contributed by atoms with Gasteiger partial charge in [-0.3, -0.25) is 10.2 Å². The van der Waals surface area contributed by atoms with Gasteiger partial charge in [0.25, 0.3) is 5.91 Å². The standard InChI is InChI=1S/C25H21N5OS/c1-16-10-11-21(17(2)13-16)29-12-6-9-19(29)15-20-23(26)30-25(27-24(20)31)32-22(28-30)14-18-7-4-3-5-8-18/h3-13,15,26H,14H2,1-2H3/b20-15+,26-23?. The molecule has 3 aromatic rings. The van der Waals surface area contributed by atoms with Gasteiger partial charge >= 0.3 is 0 Å². The van der Waals surface area contributed by atoms with Gasteiger partial charge in [0.2, 0.25) is 5.17 Å². The van der Waals surface area contributed by atoms with Crippen LogP contribution < -0.4 is 0 Å². The Balaban J connectivity index is 1.46. The van der Waals surface area contributed by atoms with Crippen molar-refractivity contribution in [1.29, 1.82) is 5.41 Å². The van der Waals surface area contributed by atoms with Crippen LogP contribution in [0.1, 0.15) is 22.4 Å². The molecule has 7 heteroatoms. The predicted octanol–water partition coefficient (Wildman–Crippen LogP) is 4.96. The van der Waals surface area contributed by atoms with Crippen molar-refractivity contribution in [3.63, 3.8) is 0 Å². The quantitative estimate of drug-likeness (QED) is 0.584. The van der Waals surface area contributed by atoms with Crippen molar-refractivity contribution in [2.24, 2.45) is 10.1 Å². The number of benzene rings is 2. The Hall–Kier alpha value is -3.71. The van der Waals surface area contributed by atoms with Gasteiger partial charge in [-0.15, -0.1) is 0 Å². The summed E-state index contributed by atoms with van der Waals surface area (Å²) in [7, 11) is 0. The van der Waals surface area contributed by atoms with E-state index < -0.39 is 5.91 Å². The molecule has 1 amide bonds. The molecule has 5 rings (SSSR count). The van der Waals surface area contributed by atoms with Crippen LogP contribution in [-0.4, -0.2) is 31.5 Å². The lowest BCUT2D eigenvalue weighted by Gasteiger charge is -2.20. The van der Waals surface area contributed by atoms with E-state index in [1.54, 1.807) is 6.08 Å². The topological polar surface area (TPSA) is 73.8 Å². The number of hydrazone groups is 1. The number of thioether (sulfide) groups is 1. The number of nitrogens with one attached hydrogen (secondary N) is 1. The molecule has 158 valence electrons. The van der Waals surface area contributed by atoms with E-state index in [9.17, 15) is 4.79 Å². The summed E-state index contributed by atoms with van der Waals surface area (Å²) in [4.78, 5) is 17.0. The molecule has 1 N–H and O–H groups in total. The van der Waals surface area contributed by atoms with E-state index >= 15 is 0 Å². The lowest BCUT2D eigenvalue weighted by atomic mass is 10.1. The molecule has 0 aliphatic carbocycles. The van der Waals surface area contributed by atoms with Gasteiger partial charge in [-0.1, -0.05) is 48.0 Å². The third kappa shape index (κ3) is 3.71. The summed E-state index contributed by atoms with van der Waals surface area (Å²) in [6.07, 6.45) is 4.31. The fourth-order valence-corrected chi connectivity index (χ4v) is 4.75. The van der Waals surface area contributed by atoms with Crippen LogP contribution in [0, 0.1) is 19.3 Å². The number of carbonyl (C=O) groups is 1. The molecule has 0 bridgehead atoms. The van der Waals surface area contributed by atoms with E-state index in [4.69, 9.17) is 5.41 Å². The number of aryl methyl sites for hydroxylation is 2. The summed E-state index contributed by atoms with van der Waals surface area (Å²) in [6.45, 7) is 4.13. The van der Waals surface area contributed by atoms with Gasteiger partial charge < -0.3 is 4.57 Å². The lowest BCUT2D eigenvalue weighted by Crippen LogP contribution is -2.35. The summed E-state index contributed by atoms with van der Waals surface area (Å²) in [5.74, 6) is -0.373. The molecule has 3 heterocycles. The van der Waals surface area contributed by atoms with E-state index in [1.165, 1.54) is 22.3 Å². The molecular formula is C25H21N5OS. The number of amidine groups is 2. The van der Waals surface area contributed by atoms with E-state index in [1.807, 2.05) is 53.2 Å². The second-order valence-corrected chi connectivity index (χ2v) is 8.81. The molecule has 0 atom stereocenters. The molecule has 0 unspecified atom stereocenters. The molecular weight excluding hydrogens is 418 g/mol. The van der Waals surface area contributed by atoms with E-state index in [2.05, 4.69) is 42.1 Å². The van der Waals surface area contributed by atoms with Gasteiger partial charge in [0, 0.05) is 24.0 Å². The van der Waals surface area contributed by atoms with Crippen molar-refractivity contribution >= 4 is 39.8 Å². The zero-order chi connectivity index (χ0) is 22.2. The normalized spacial score (nSPS) is 16.9. The highest BCUT2D eigenvalue weighted by atomic mass is 32.2. The average molecular weight is 440 g/mol. The van der Waals surface area contributed by atoms with E-state index in [0.717, 1.165) is 27.6 Å². The molecule has 0 spiro atoms. The van der Waals surface area contributed by atoms with Crippen LogP contribution in [0.15, 0.2) is 82.5 Å². The fraction of sp³-hybridized carbons (Fsp3) is 0.120. The molecule has 2 aliphatic heterocycles. The highest BCUT2D eigenvalue weighted by molar-refractivity contribution is 8.26. The monoisotopic (exact) mass is 439 g/mol. The zero-order valence-corrected chi connectivity index (χ0v) is 18.6. The summed E-state index contributed by atoms with van der Waals surface area (Å²) < 4.78 is 2.02. The summed E-state index contributed by atoms with van der Waals surface area (Å²) in [5.41, 5.74) is 5.52. The minimum absolute atomic E-state index is 0.0453. The Labute approximate surface area is 190 Å². The third-order valence-electron chi connectivity index (χ3n) is 5.38. The second kappa shape index (κ2) is 8.09. The lowest BCUT2D eigenvalue weighted by molar-refractivity contribution is -0.114. The Kier molecular flexibility index (Phi) is 5.11. The number of nitrogens with zero attached hydrogens (tertiary/aromatic N) is 4. The Bertz CT molecular complexity index is 1330. The maximum absolute atomic E-state index is 12.8. The summed E-state index contributed by atoms with van der Waals surface area (Å²) in [5, 5.41) is 15.9. The van der Waals surface area contributed by atoms with Gasteiger partial charge in [0.1, 0.15) is 5.04 Å². The van der Waals surface area contributed by atoms with Crippen LogP contribution >= 0.6 is 11.8 Å². The predicted molar refractivity (Wildman–Crippen MR) is 130 cm³/mol. The number of carbonyl (C=O) groups excluding carboxylic acids is 1. The van der Waals surface area contributed by atoms with Crippen LogP contribution in [0.4, 0.5) is 0 Å². The number of amides is 1. The molecule has 6 nitrogen and oxygen atoms in total. The van der Waals surface area contributed by atoms with Crippen LogP contribution in [0.2, 0.25) is 0 Å². The number of aliphatic imine (C=N–C) groups is 1. The minimum Gasteiger partial charge on any atom is -0.317 e. The number of fused-ring (bicyclic) bond motifs is 1. The molecule has 2 aliphatic rings. The molecule has 0 saturated carbocycles. The van der Waals surface area contributed by atoms with Gasteiger partial charge in [-0.05, 0) is 61.0 Å². The van der Waals surface area contributed by atoms with E-state index in [-0.39, 0.29) is 11.4 Å². The Morgan fingerprint density at radius 1 is 1.06 bits per heavy atom. The first-order chi connectivity index (χ1) is 15.5. The first-order valence-corrected chi connectivity index (χ1v) is 11.1. The number of hydrogen-bond donors (Lipinski definition) is 1. The summed E-state index contributed by atoms with van der Waals surface area (Å²) >= 11 is 1.34. The average Bonchev–Trinajstić information content (AvgIpc) is 3.39. The number of aromatic nitrogens is 1. The summed E-state index contributed by atoms with van der Waals surface area (Å²) in [6, 6.07) is 20.1. The first kappa shape index (κ1) is 20.2. The minimum atomic E-state index is -0.418. The van der Waals surface area contributed by atoms with Crippen molar-refractivity contribution in [3.8, 4) is 5.69 Å². The van der Waals surface area contributed by atoms with Gasteiger partial charge in [-0.25, -0.2) is 0 Å². The number of hydrogen-bond acceptors (Lipinski definition) is 4. The van der Waals surface area contributed by atoms with Crippen molar-refractivity contribution in [2.45, 2.75) is 20.3 Å². The molecule has 2 aromatic carbocycles. The maximum Gasteiger partial charge on any atom is 0.283 e. The highest BCUT2D eigenvalue weighted by Gasteiger charge is 2.35. The Morgan fingerprint density at radius 3 is 2.66 bits per heavy atom. The largest absolute Gasteiger partial charge is 0.317 e. The maximum atomic E-state index is 12.8. The van der Waals surface area contributed by atoms with Crippen LogP contribution in [0.3, 0.4) is 0 Å². The van der Waals surface area contributed by atoms with Crippen LogP contribution in [0.25, 0.3) is 11.8 Å². The Morgan fingerprint density at radius 2 is 1.88 bits per heavy atom. The zero-order valence-electron chi connectivity index (χ0n) is 17.7. The first-order valence-electron chi connectivity index (χ1n) is 10.3. The van der Waals surface area contributed by atoms with Crippen molar-refractivity contribution < 1.29 is 4.79 Å². The highest BCUT2D eigenvalue weighted by Crippen LogP contribution is 2.30. The third-order valence-corrected chi connectivity index (χ3v) is 6.29.